The first-order valence-electron chi connectivity index (χ1n) is 8.15. The Balaban J connectivity index is 1.48. The monoisotopic (exact) mass is 310 g/mol. The molecule has 0 aliphatic carbocycles. The SMILES string of the molecule is CC(C)c1nccn1CC1CN(c2ncnc3c2ccn3C)C1. The minimum atomic E-state index is 0.465. The lowest BCUT2D eigenvalue weighted by Gasteiger charge is -2.40. The number of fused-ring (bicyclic) bond motifs is 1. The molecule has 4 heterocycles. The molecule has 1 fully saturated rings. The van der Waals surface area contributed by atoms with Crippen LogP contribution < -0.4 is 4.90 Å². The minimum absolute atomic E-state index is 0.465. The normalized spacial score (nSPS) is 15.6. The second-order valence-corrected chi connectivity index (χ2v) is 6.72. The summed E-state index contributed by atoms with van der Waals surface area (Å²) in [5.74, 6) is 3.35. The average molecular weight is 310 g/mol. The third kappa shape index (κ3) is 2.38. The van der Waals surface area contributed by atoms with Gasteiger partial charge in [0.25, 0.3) is 0 Å². The molecule has 0 amide bonds. The van der Waals surface area contributed by atoms with E-state index in [1.54, 1.807) is 6.33 Å². The van der Waals surface area contributed by atoms with Gasteiger partial charge in [0, 0.05) is 57.1 Å². The van der Waals surface area contributed by atoms with Crippen LogP contribution in [0, 0.1) is 5.92 Å². The first-order chi connectivity index (χ1) is 11.1. The molecule has 6 heteroatoms. The smallest absolute Gasteiger partial charge is 0.145 e. The molecule has 120 valence electrons. The number of aromatic nitrogens is 5. The largest absolute Gasteiger partial charge is 0.355 e. The molecule has 4 rings (SSSR count). The molecule has 0 aromatic carbocycles. The maximum absolute atomic E-state index is 4.50. The van der Waals surface area contributed by atoms with Crippen LogP contribution in [0.3, 0.4) is 0 Å². The van der Waals surface area contributed by atoms with Gasteiger partial charge in [-0.25, -0.2) is 15.0 Å². The summed E-state index contributed by atoms with van der Waals surface area (Å²) in [4.78, 5) is 15.7. The van der Waals surface area contributed by atoms with Crippen LogP contribution in [0.4, 0.5) is 5.82 Å². The van der Waals surface area contributed by atoms with Crippen LogP contribution in [0.5, 0.6) is 0 Å². The van der Waals surface area contributed by atoms with Gasteiger partial charge in [0.15, 0.2) is 0 Å². The minimum Gasteiger partial charge on any atom is -0.355 e. The molecule has 0 bridgehead atoms. The predicted molar refractivity (Wildman–Crippen MR) is 90.5 cm³/mol. The van der Waals surface area contributed by atoms with Crippen molar-refractivity contribution in [2.75, 3.05) is 18.0 Å². The summed E-state index contributed by atoms with van der Waals surface area (Å²) < 4.78 is 4.34. The number of hydrogen-bond acceptors (Lipinski definition) is 4. The van der Waals surface area contributed by atoms with Gasteiger partial charge in [-0.3, -0.25) is 0 Å². The van der Waals surface area contributed by atoms with E-state index in [0.29, 0.717) is 11.8 Å². The molecule has 6 nitrogen and oxygen atoms in total. The highest BCUT2D eigenvalue weighted by molar-refractivity contribution is 5.88. The summed E-state index contributed by atoms with van der Waals surface area (Å²) in [6.07, 6.45) is 7.71. The van der Waals surface area contributed by atoms with Crippen molar-refractivity contribution < 1.29 is 0 Å². The molecule has 1 aliphatic rings. The first kappa shape index (κ1) is 14.2. The maximum atomic E-state index is 4.50. The highest BCUT2D eigenvalue weighted by Gasteiger charge is 2.30. The summed E-state index contributed by atoms with van der Waals surface area (Å²) in [6, 6.07) is 2.10. The van der Waals surface area contributed by atoms with Crippen LogP contribution >= 0.6 is 0 Å². The number of imidazole rings is 1. The molecule has 23 heavy (non-hydrogen) atoms. The molecule has 1 saturated heterocycles. The van der Waals surface area contributed by atoms with E-state index in [1.807, 2.05) is 24.0 Å². The van der Waals surface area contributed by atoms with Crippen molar-refractivity contribution in [2.45, 2.75) is 26.3 Å². The van der Waals surface area contributed by atoms with E-state index < -0.39 is 0 Å². The van der Waals surface area contributed by atoms with Gasteiger partial charge in [0.05, 0.1) is 5.39 Å². The van der Waals surface area contributed by atoms with Crippen molar-refractivity contribution in [1.29, 1.82) is 0 Å². The van der Waals surface area contributed by atoms with Crippen molar-refractivity contribution in [3.8, 4) is 0 Å². The van der Waals surface area contributed by atoms with Crippen molar-refractivity contribution >= 4 is 16.9 Å². The van der Waals surface area contributed by atoms with Gasteiger partial charge in [-0.2, -0.15) is 0 Å². The van der Waals surface area contributed by atoms with Gasteiger partial charge in [0.1, 0.15) is 23.6 Å². The molecule has 0 spiro atoms. The molecule has 0 radical (unpaired) electrons. The van der Waals surface area contributed by atoms with Crippen LogP contribution in [0.25, 0.3) is 11.0 Å². The second-order valence-electron chi connectivity index (χ2n) is 6.72. The van der Waals surface area contributed by atoms with E-state index >= 15 is 0 Å². The van der Waals surface area contributed by atoms with E-state index in [1.165, 1.54) is 5.82 Å². The van der Waals surface area contributed by atoms with Crippen molar-refractivity contribution in [1.82, 2.24) is 24.1 Å². The van der Waals surface area contributed by atoms with Crippen LogP contribution in [-0.4, -0.2) is 37.2 Å². The topological polar surface area (TPSA) is 51.8 Å². The Bertz CT molecular complexity index is 825. The van der Waals surface area contributed by atoms with Gasteiger partial charge >= 0.3 is 0 Å². The lowest BCUT2D eigenvalue weighted by molar-refractivity contribution is 0.349. The first-order valence-corrected chi connectivity index (χ1v) is 8.15. The molecule has 3 aromatic heterocycles. The Morgan fingerprint density at radius 1 is 1.17 bits per heavy atom. The zero-order chi connectivity index (χ0) is 16.0. The summed E-state index contributed by atoms with van der Waals surface area (Å²) in [5, 5.41) is 1.14. The van der Waals surface area contributed by atoms with Gasteiger partial charge in [-0.15, -0.1) is 0 Å². The third-order valence-corrected chi connectivity index (χ3v) is 4.62. The van der Waals surface area contributed by atoms with Gasteiger partial charge in [-0.1, -0.05) is 13.8 Å². The van der Waals surface area contributed by atoms with E-state index in [9.17, 15) is 0 Å². The Morgan fingerprint density at radius 3 is 2.78 bits per heavy atom. The van der Waals surface area contributed by atoms with Gasteiger partial charge in [0.2, 0.25) is 0 Å². The lowest BCUT2D eigenvalue weighted by Crippen LogP contribution is -2.49. The van der Waals surface area contributed by atoms with Crippen molar-refractivity contribution in [2.24, 2.45) is 13.0 Å². The zero-order valence-electron chi connectivity index (χ0n) is 13.8. The Labute approximate surface area is 135 Å². The van der Waals surface area contributed by atoms with Gasteiger partial charge in [-0.05, 0) is 6.07 Å². The van der Waals surface area contributed by atoms with E-state index in [4.69, 9.17) is 0 Å². The summed E-state index contributed by atoms with van der Waals surface area (Å²) in [5.41, 5.74) is 0.996. The molecular formula is C17H22N6. The number of rotatable bonds is 4. The number of anilines is 1. The fraction of sp³-hybridized carbons (Fsp3) is 0.471. The zero-order valence-corrected chi connectivity index (χ0v) is 13.8. The summed E-state index contributed by atoms with van der Waals surface area (Å²) >= 11 is 0. The maximum Gasteiger partial charge on any atom is 0.145 e. The number of aryl methyl sites for hydroxylation is 1. The van der Waals surface area contributed by atoms with Crippen LogP contribution in [0.1, 0.15) is 25.6 Å². The molecule has 1 aliphatic heterocycles. The molecule has 0 atom stereocenters. The fourth-order valence-electron chi connectivity index (χ4n) is 3.43. The lowest BCUT2D eigenvalue weighted by atomic mass is 9.99. The number of hydrogen-bond donors (Lipinski definition) is 0. The molecule has 0 N–H and O–H groups in total. The van der Waals surface area contributed by atoms with E-state index in [0.717, 1.165) is 36.5 Å². The third-order valence-electron chi connectivity index (χ3n) is 4.62. The molecule has 0 saturated carbocycles. The summed E-state index contributed by atoms with van der Waals surface area (Å²) in [6.45, 7) is 7.50. The Morgan fingerprint density at radius 2 is 2.00 bits per heavy atom. The van der Waals surface area contributed by atoms with Crippen molar-refractivity contribution in [3.05, 3.63) is 36.8 Å². The molecule has 0 unspecified atom stereocenters. The molecular weight excluding hydrogens is 288 g/mol. The second kappa shape index (κ2) is 5.37. The molecule has 3 aromatic rings. The highest BCUT2D eigenvalue weighted by Crippen LogP contribution is 2.30. The Kier molecular flexibility index (Phi) is 3.32. The number of nitrogens with zero attached hydrogens (tertiary/aromatic N) is 6. The van der Waals surface area contributed by atoms with Crippen LogP contribution in [-0.2, 0) is 13.6 Å². The highest BCUT2D eigenvalue weighted by atomic mass is 15.3. The van der Waals surface area contributed by atoms with Crippen LogP contribution in [0.15, 0.2) is 31.0 Å². The summed E-state index contributed by atoms with van der Waals surface area (Å²) in [7, 11) is 2.02. The van der Waals surface area contributed by atoms with E-state index in [-0.39, 0.29) is 0 Å². The van der Waals surface area contributed by atoms with Crippen molar-refractivity contribution in [3.63, 3.8) is 0 Å². The standard InChI is InChI=1S/C17H22N6/c1-12(2)15-18-5-7-22(15)8-13-9-23(10-13)17-14-4-6-21(3)16(14)19-11-20-17/h4-7,11-13H,8-10H2,1-3H3. The van der Waals surface area contributed by atoms with Crippen LogP contribution in [0.2, 0.25) is 0 Å². The quantitative estimate of drug-likeness (QED) is 0.742. The Hall–Kier alpha value is -2.37. The van der Waals surface area contributed by atoms with E-state index in [2.05, 4.69) is 50.5 Å². The predicted octanol–water partition coefficient (Wildman–Crippen LogP) is 2.42. The fourth-order valence-corrected chi connectivity index (χ4v) is 3.43. The van der Waals surface area contributed by atoms with Gasteiger partial charge < -0.3 is 14.0 Å². The average Bonchev–Trinajstić information content (AvgIpc) is 3.10.